The first-order valence-corrected chi connectivity index (χ1v) is 8.18. The predicted octanol–water partition coefficient (Wildman–Crippen LogP) is 2.19. The van der Waals surface area contributed by atoms with Crippen molar-refractivity contribution in [2.45, 2.75) is 32.4 Å². The summed E-state index contributed by atoms with van der Waals surface area (Å²) in [7, 11) is 1.89. The van der Waals surface area contributed by atoms with E-state index >= 15 is 0 Å². The lowest BCUT2D eigenvalue weighted by Gasteiger charge is -2.34. The molecule has 0 aliphatic carbocycles. The van der Waals surface area contributed by atoms with Gasteiger partial charge in [-0.15, -0.1) is 23.7 Å². The van der Waals surface area contributed by atoms with E-state index in [0.29, 0.717) is 19.0 Å². The van der Waals surface area contributed by atoms with Crippen LogP contribution in [0.15, 0.2) is 17.5 Å². The van der Waals surface area contributed by atoms with Crippen LogP contribution in [-0.2, 0) is 11.3 Å². The van der Waals surface area contributed by atoms with Crippen molar-refractivity contribution in [1.82, 2.24) is 9.80 Å². The summed E-state index contributed by atoms with van der Waals surface area (Å²) in [5, 5.41) is 2.05. The largest absolute Gasteiger partial charge is 0.340 e. The number of rotatable bonds is 5. The summed E-state index contributed by atoms with van der Waals surface area (Å²) in [5.74, 6) is 0.822. The van der Waals surface area contributed by atoms with Crippen LogP contribution in [0.1, 0.15) is 24.6 Å². The molecule has 1 fully saturated rings. The average molecular weight is 332 g/mol. The zero-order chi connectivity index (χ0) is 14.5. The number of carbonyl (C=O) groups excluding carboxylic acids is 1. The van der Waals surface area contributed by atoms with Crippen molar-refractivity contribution in [2.75, 3.05) is 26.7 Å². The Balaban J connectivity index is 0.00000220. The molecule has 1 saturated heterocycles. The number of nitrogens with zero attached hydrogens (tertiary/aromatic N) is 2. The highest BCUT2D eigenvalue weighted by Crippen LogP contribution is 2.19. The summed E-state index contributed by atoms with van der Waals surface area (Å²) in [6, 6.07) is 4.37. The van der Waals surface area contributed by atoms with Crippen molar-refractivity contribution in [3.8, 4) is 0 Å². The molecule has 2 N–H and O–H groups in total. The molecule has 4 nitrogen and oxygen atoms in total. The molecule has 1 aromatic heterocycles. The molecule has 1 unspecified atom stereocenters. The van der Waals surface area contributed by atoms with Gasteiger partial charge in [0, 0.05) is 18.0 Å². The third-order valence-electron chi connectivity index (χ3n) is 4.13. The van der Waals surface area contributed by atoms with E-state index in [1.807, 2.05) is 23.4 Å². The highest BCUT2D eigenvalue weighted by atomic mass is 35.5. The minimum absolute atomic E-state index is 0. The molecule has 21 heavy (non-hydrogen) atoms. The van der Waals surface area contributed by atoms with Gasteiger partial charge in [-0.05, 0) is 50.2 Å². The zero-order valence-electron chi connectivity index (χ0n) is 12.8. The van der Waals surface area contributed by atoms with Gasteiger partial charge in [0.1, 0.15) is 0 Å². The molecule has 6 heteroatoms. The topological polar surface area (TPSA) is 49.6 Å². The molecule has 120 valence electrons. The van der Waals surface area contributed by atoms with Crippen LogP contribution in [0.4, 0.5) is 0 Å². The van der Waals surface area contributed by atoms with Crippen LogP contribution in [0.5, 0.6) is 0 Å². The molecule has 2 heterocycles. The Morgan fingerprint density at radius 3 is 2.71 bits per heavy atom. The SMILES string of the molecule is CC(N)C1CCN(CC(=O)N(C)Cc2cccs2)CC1.Cl. The summed E-state index contributed by atoms with van der Waals surface area (Å²) in [6.45, 7) is 5.32. The average Bonchev–Trinajstić information content (AvgIpc) is 2.92. The van der Waals surface area contributed by atoms with Crippen LogP contribution >= 0.6 is 23.7 Å². The van der Waals surface area contributed by atoms with Crippen LogP contribution < -0.4 is 5.73 Å². The number of likely N-dealkylation sites (tertiary alicyclic amines) is 1. The maximum atomic E-state index is 12.2. The Morgan fingerprint density at radius 2 is 2.19 bits per heavy atom. The number of carbonyl (C=O) groups is 1. The second-order valence-corrected chi connectivity index (χ2v) is 6.83. The van der Waals surface area contributed by atoms with Crippen LogP contribution in [0.3, 0.4) is 0 Å². The van der Waals surface area contributed by atoms with Gasteiger partial charge in [0.05, 0.1) is 13.1 Å². The number of hydrogen-bond donors (Lipinski definition) is 1. The molecule has 1 atom stereocenters. The molecule has 1 aromatic rings. The molecule has 1 aliphatic heterocycles. The molecular weight excluding hydrogens is 306 g/mol. The van der Waals surface area contributed by atoms with Gasteiger partial charge in [-0.25, -0.2) is 0 Å². The van der Waals surface area contributed by atoms with Crippen molar-refractivity contribution in [3.05, 3.63) is 22.4 Å². The summed E-state index contributed by atoms with van der Waals surface area (Å²) >= 11 is 1.70. The number of piperidine rings is 1. The quantitative estimate of drug-likeness (QED) is 0.899. The fourth-order valence-corrected chi connectivity index (χ4v) is 3.43. The van der Waals surface area contributed by atoms with Gasteiger partial charge in [0.25, 0.3) is 0 Å². The van der Waals surface area contributed by atoms with Crippen LogP contribution in [0, 0.1) is 5.92 Å². The van der Waals surface area contributed by atoms with Crippen molar-refractivity contribution in [3.63, 3.8) is 0 Å². The normalized spacial score (nSPS) is 18.0. The summed E-state index contributed by atoms with van der Waals surface area (Å²) in [4.78, 5) is 17.5. The Kier molecular flexibility index (Phi) is 7.66. The first kappa shape index (κ1) is 18.4. The number of halogens is 1. The summed E-state index contributed by atoms with van der Waals surface area (Å²) < 4.78 is 0. The molecule has 0 bridgehead atoms. The van der Waals surface area contributed by atoms with Crippen LogP contribution in [0.2, 0.25) is 0 Å². The fraction of sp³-hybridized carbons (Fsp3) is 0.667. The van der Waals surface area contributed by atoms with Crippen molar-refractivity contribution < 1.29 is 4.79 Å². The standard InChI is InChI=1S/C15H25N3OS.ClH/c1-12(16)13-5-7-18(8-6-13)11-15(19)17(2)10-14-4-3-9-20-14;/h3-4,9,12-13H,5-8,10-11,16H2,1-2H3;1H. The van der Waals surface area contributed by atoms with Gasteiger partial charge < -0.3 is 10.6 Å². The monoisotopic (exact) mass is 331 g/mol. The van der Waals surface area contributed by atoms with E-state index in [0.717, 1.165) is 25.9 Å². The lowest BCUT2D eigenvalue weighted by atomic mass is 9.91. The van der Waals surface area contributed by atoms with E-state index in [1.165, 1.54) is 4.88 Å². The molecule has 0 radical (unpaired) electrons. The number of likely N-dealkylation sites (N-methyl/N-ethyl adjacent to an activating group) is 1. The van der Waals surface area contributed by atoms with Crippen molar-refractivity contribution in [2.24, 2.45) is 11.7 Å². The fourth-order valence-electron chi connectivity index (χ4n) is 2.67. The first-order valence-electron chi connectivity index (χ1n) is 7.30. The van der Waals surface area contributed by atoms with E-state index in [4.69, 9.17) is 5.73 Å². The minimum Gasteiger partial charge on any atom is -0.340 e. The maximum absolute atomic E-state index is 12.2. The van der Waals surface area contributed by atoms with Crippen molar-refractivity contribution >= 4 is 29.7 Å². The third kappa shape index (κ3) is 5.58. The second kappa shape index (κ2) is 8.73. The molecule has 1 amide bonds. The van der Waals surface area contributed by atoms with E-state index in [1.54, 1.807) is 11.3 Å². The second-order valence-electron chi connectivity index (χ2n) is 5.80. The minimum atomic E-state index is 0. The Bertz CT molecular complexity index is 417. The van der Waals surface area contributed by atoms with Gasteiger partial charge >= 0.3 is 0 Å². The van der Waals surface area contributed by atoms with Crippen molar-refractivity contribution in [1.29, 1.82) is 0 Å². The first-order chi connectivity index (χ1) is 9.56. The van der Waals surface area contributed by atoms with E-state index in [-0.39, 0.29) is 24.4 Å². The smallest absolute Gasteiger partial charge is 0.236 e. The Hall–Kier alpha value is -0.620. The number of amides is 1. The number of nitrogens with two attached hydrogens (primary N) is 1. The van der Waals surface area contributed by atoms with E-state index in [2.05, 4.69) is 17.9 Å². The Labute approximate surface area is 137 Å². The molecule has 2 rings (SSSR count). The van der Waals surface area contributed by atoms with Gasteiger partial charge in [-0.3, -0.25) is 9.69 Å². The van der Waals surface area contributed by atoms with E-state index in [9.17, 15) is 4.79 Å². The molecule has 1 aliphatic rings. The third-order valence-corrected chi connectivity index (χ3v) is 4.99. The van der Waals surface area contributed by atoms with Crippen LogP contribution in [-0.4, -0.2) is 48.4 Å². The van der Waals surface area contributed by atoms with Crippen LogP contribution in [0.25, 0.3) is 0 Å². The highest BCUT2D eigenvalue weighted by Gasteiger charge is 2.23. The number of thiophene rings is 1. The maximum Gasteiger partial charge on any atom is 0.236 e. The van der Waals surface area contributed by atoms with Gasteiger partial charge in [0.2, 0.25) is 5.91 Å². The molecule has 0 saturated carbocycles. The highest BCUT2D eigenvalue weighted by molar-refractivity contribution is 7.09. The molecular formula is C15H26ClN3OS. The zero-order valence-corrected chi connectivity index (χ0v) is 14.5. The molecule has 0 spiro atoms. The van der Waals surface area contributed by atoms with E-state index < -0.39 is 0 Å². The predicted molar refractivity (Wildman–Crippen MR) is 90.9 cm³/mol. The summed E-state index contributed by atoms with van der Waals surface area (Å²) in [6.07, 6.45) is 2.22. The lowest BCUT2D eigenvalue weighted by Crippen LogP contribution is -2.44. The Morgan fingerprint density at radius 1 is 1.52 bits per heavy atom. The summed E-state index contributed by atoms with van der Waals surface area (Å²) in [5.41, 5.74) is 5.95. The number of hydrogen-bond acceptors (Lipinski definition) is 4. The van der Waals surface area contributed by atoms with Gasteiger partial charge in [-0.2, -0.15) is 0 Å². The molecule has 0 aromatic carbocycles. The lowest BCUT2D eigenvalue weighted by molar-refractivity contribution is -0.132. The van der Waals surface area contributed by atoms with Gasteiger partial charge in [-0.1, -0.05) is 6.07 Å². The van der Waals surface area contributed by atoms with Gasteiger partial charge in [0.15, 0.2) is 0 Å².